The highest BCUT2D eigenvalue weighted by atomic mass is 16.6. The molecule has 1 aliphatic heterocycles. The van der Waals surface area contributed by atoms with Crippen LogP contribution in [-0.2, 0) is 9.53 Å². The van der Waals surface area contributed by atoms with Gasteiger partial charge in [-0.25, -0.2) is 4.79 Å². The van der Waals surface area contributed by atoms with Crippen molar-refractivity contribution < 1.29 is 19.4 Å². The van der Waals surface area contributed by atoms with E-state index in [-0.39, 0.29) is 6.42 Å². The molecule has 0 aromatic rings. The summed E-state index contributed by atoms with van der Waals surface area (Å²) in [5.41, 5.74) is 3.81. The van der Waals surface area contributed by atoms with E-state index in [1.54, 1.807) is 27.7 Å². The number of carboxylic acid groups (broad SMARTS) is 1. The molecule has 0 saturated carbocycles. The molecule has 6 heteroatoms. The Kier molecular flexibility index (Phi) is 3.38. The van der Waals surface area contributed by atoms with Gasteiger partial charge in [0.25, 0.3) is 0 Å². The van der Waals surface area contributed by atoms with Crippen LogP contribution in [0.4, 0.5) is 4.79 Å². The van der Waals surface area contributed by atoms with Crippen LogP contribution in [0.5, 0.6) is 0 Å². The van der Waals surface area contributed by atoms with Gasteiger partial charge >= 0.3 is 12.1 Å². The molecule has 2 unspecified atom stereocenters. The number of nitrogens with zero attached hydrogens (tertiary/aromatic N) is 1. The summed E-state index contributed by atoms with van der Waals surface area (Å²) < 4.78 is 5.20. The molecule has 3 N–H and O–H groups in total. The van der Waals surface area contributed by atoms with Gasteiger partial charge in [0.1, 0.15) is 11.1 Å². The number of likely N-dealkylation sites (tertiary alicyclic amines) is 1. The molecule has 17 heavy (non-hydrogen) atoms. The fraction of sp³-hybridized carbons (Fsp3) is 0.818. The Bertz CT molecular complexity index is 337. The standard InChI is InChI=1S/C11H20N2O4/c1-7-11(12,8(14)15)5-6-13(7)9(16)17-10(2,3)4/h7H,5-6,12H2,1-4H3,(H,14,15). The Morgan fingerprint density at radius 3 is 2.35 bits per heavy atom. The van der Waals surface area contributed by atoms with E-state index in [4.69, 9.17) is 15.6 Å². The van der Waals surface area contributed by atoms with Crippen LogP contribution in [-0.4, -0.2) is 45.8 Å². The number of carbonyl (C=O) groups is 2. The van der Waals surface area contributed by atoms with Crippen LogP contribution in [0.25, 0.3) is 0 Å². The molecule has 6 nitrogen and oxygen atoms in total. The van der Waals surface area contributed by atoms with Crippen molar-refractivity contribution in [1.29, 1.82) is 0 Å². The Labute approximate surface area is 101 Å². The summed E-state index contributed by atoms with van der Waals surface area (Å²) in [5.74, 6) is -1.09. The van der Waals surface area contributed by atoms with Crippen LogP contribution >= 0.6 is 0 Å². The van der Waals surface area contributed by atoms with E-state index in [0.29, 0.717) is 6.54 Å². The quantitative estimate of drug-likeness (QED) is 0.711. The first-order valence-corrected chi connectivity index (χ1v) is 5.60. The Morgan fingerprint density at radius 1 is 1.47 bits per heavy atom. The average Bonchev–Trinajstić information content (AvgIpc) is 2.42. The van der Waals surface area contributed by atoms with Gasteiger partial charge in [0, 0.05) is 6.54 Å². The molecular formula is C11H20N2O4. The smallest absolute Gasteiger partial charge is 0.410 e. The lowest BCUT2D eigenvalue weighted by Gasteiger charge is -2.30. The zero-order chi connectivity index (χ0) is 13.4. The second-order valence-electron chi connectivity index (χ2n) is 5.45. The molecule has 1 rings (SSSR count). The number of nitrogens with two attached hydrogens (primary N) is 1. The van der Waals surface area contributed by atoms with Gasteiger partial charge in [0.05, 0.1) is 6.04 Å². The number of carbonyl (C=O) groups excluding carboxylic acids is 1. The van der Waals surface area contributed by atoms with Gasteiger partial charge in [0.2, 0.25) is 0 Å². The molecule has 98 valence electrons. The summed E-state index contributed by atoms with van der Waals surface area (Å²) in [4.78, 5) is 24.3. The third-order valence-electron chi connectivity index (χ3n) is 3.01. The van der Waals surface area contributed by atoms with E-state index in [9.17, 15) is 9.59 Å². The molecule has 0 aromatic carbocycles. The van der Waals surface area contributed by atoms with Crippen LogP contribution in [0.15, 0.2) is 0 Å². The second kappa shape index (κ2) is 4.18. The molecule has 1 saturated heterocycles. The molecule has 0 aromatic heterocycles. The topological polar surface area (TPSA) is 92.9 Å². The van der Waals surface area contributed by atoms with Crippen molar-refractivity contribution in [2.24, 2.45) is 5.73 Å². The minimum atomic E-state index is -1.38. The number of rotatable bonds is 1. The lowest BCUT2D eigenvalue weighted by Crippen LogP contribution is -2.57. The van der Waals surface area contributed by atoms with E-state index in [1.807, 2.05) is 0 Å². The summed E-state index contributed by atoms with van der Waals surface area (Å²) in [6.45, 7) is 7.22. The molecule has 1 amide bonds. The molecular weight excluding hydrogens is 224 g/mol. The van der Waals surface area contributed by atoms with E-state index in [2.05, 4.69) is 0 Å². The van der Waals surface area contributed by atoms with Crippen molar-refractivity contribution in [1.82, 2.24) is 4.90 Å². The fourth-order valence-corrected chi connectivity index (χ4v) is 1.84. The molecule has 1 aliphatic rings. The van der Waals surface area contributed by atoms with Crippen LogP contribution in [0, 0.1) is 0 Å². The summed E-state index contributed by atoms with van der Waals surface area (Å²) in [6.07, 6.45) is -0.276. The summed E-state index contributed by atoms with van der Waals surface area (Å²) in [5, 5.41) is 9.07. The van der Waals surface area contributed by atoms with E-state index >= 15 is 0 Å². The SMILES string of the molecule is CC1N(C(=O)OC(C)(C)C)CCC1(N)C(=O)O. The zero-order valence-electron chi connectivity index (χ0n) is 10.7. The van der Waals surface area contributed by atoms with E-state index in [0.717, 1.165) is 0 Å². The summed E-state index contributed by atoms with van der Waals surface area (Å²) >= 11 is 0. The van der Waals surface area contributed by atoms with Gasteiger partial charge < -0.3 is 20.5 Å². The third kappa shape index (κ3) is 2.69. The number of ether oxygens (including phenoxy) is 1. The Hall–Kier alpha value is -1.30. The minimum Gasteiger partial charge on any atom is -0.480 e. The van der Waals surface area contributed by atoms with Crippen LogP contribution in [0.3, 0.4) is 0 Å². The lowest BCUT2D eigenvalue weighted by molar-refractivity contribution is -0.143. The van der Waals surface area contributed by atoms with Crippen molar-refractivity contribution in [3.63, 3.8) is 0 Å². The fourth-order valence-electron chi connectivity index (χ4n) is 1.84. The monoisotopic (exact) mass is 244 g/mol. The predicted molar refractivity (Wildman–Crippen MR) is 61.6 cm³/mol. The molecule has 0 spiro atoms. The molecule has 0 bridgehead atoms. The largest absolute Gasteiger partial charge is 0.480 e. The third-order valence-corrected chi connectivity index (χ3v) is 3.01. The van der Waals surface area contributed by atoms with Gasteiger partial charge in [-0.05, 0) is 34.1 Å². The number of amides is 1. The second-order valence-corrected chi connectivity index (χ2v) is 5.45. The van der Waals surface area contributed by atoms with Gasteiger partial charge in [-0.1, -0.05) is 0 Å². The van der Waals surface area contributed by atoms with Crippen molar-refractivity contribution in [3.8, 4) is 0 Å². The molecule has 1 fully saturated rings. The Morgan fingerprint density at radius 2 is 2.00 bits per heavy atom. The highest BCUT2D eigenvalue weighted by Crippen LogP contribution is 2.28. The molecule has 1 heterocycles. The Balaban J connectivity index is 2.77. The maximum Gasteiger partial charge on any atom is 0.410 e. The molecule has 0 aliphatic carbocycles. The van der Waals surface area contributed by atoms with Gasteiger partial charge in [0.15, 0.2) is 0 Å². The first-order valence-electron chi connectivity index (χ1n) is 5.60. The van der Waals surface area contributed by atoms with Crippen molar-refractivity contribution in [2.75, 3.05) is 6.54 Å². The van der Waals surface area contributed by atoms with E-state index < -0.39 is 29.2 Å². The predicted octanol–water partition coefficient (Wildman–Crippen LogP) is 0.798. The first kappa shape index (κ1) is 13.8. The maximum absolute atomic E-state index is 11.8. The molecule has 2 atom stereocenters. The highest BCUT2D eigenvalue weighted by molar-refractivity contribution is 5.82. The minimum absolute atomic E-state index is 0.239. The highest BCUT2D eigenvalue weighted by Gasteiger charge is 2.50. The zero-order valence-corrected chi connectivity index (χ0v) is 10.7. The lowest BCUT2D eigenvalue weighted by atomic mass is 9.93. The summed E-state index contributed by atoms with van der Waals surface area (Å²) in [6, 6.07) is -0.574. The maximum atomic E-state index is 11.8. The van der Waals surface area contributed by atoms with Crippen molar-refractivity contribution in [2.45, 2.75) is 51.3 Å². The van der Waals surface area contributed by atoms with Gasteiger partial charge in [-0.2, -0.15) is 0 Å². The average molecular weight is 244 g/mol. The first-order chi connectivity index (χ1) is 7.58. The van der Waals surface area contributed by atoms with Crippen LogP contribution in [0.1, 0.15) is 34.1 Å². The van der Waals surface area contributed by atoms with E-state index in [1.165, 1.54) is 4.90 Å². The van der Waals surface area contributed by atoms with Gasteiger partial charge in [-0.3, -0.25) is 4.79 Å². The normalized spacial score (nSPS) is 29.2. The summed E-state index contributed by atoms with van der Waals surface area (Å²) in [7, 11) is 0. The van der Waals surface area contributed by atoms with Gasteiger partial charge in [-0.15, -0.1) is 0 Å². The van der Waals surface area contributed by atoms with Crippen molar-refractivity contribution >= 4 is 12.1 Å². The number of hydrogen-bond donors (Lipinski definition) is 2. The van der Waals surface area contributed by atoms with Crippen molar-refractivity contribution in [3.05, 3.63) is 0 Å². The molecule has 0 radical (unpaired) electrons. The number of aliphatic carboxylic acids is 1. The van der Waals surface area contributed by atoms with Crippen LogP contribution < -0.4 is 5.73 Å². The van der Waals surface area contributed by atoms with Crippen LogP contribution in [0.2, 0.25) is 0 Å². The number of carboxylic acids is 1. The number of hydrogen-bond acceptors (Lipinski definition) is 4.